The maximum Gasteiger partial charge on any atom is 0.279 e. The van der Waals surface area contributed by atoms with Gasteiger partial charge in [0, 0.05) is 32.7 Å². The van der Waals surface area contributed by atoms with E-state index in [1.165, 1.54) is 23.6 Å². The van der Waals surface area contributed by atoms with Crippen molar-refractivity contribution in [2.45, 2.75) is 38.8 Å². The number of hydrogen-bond donors (Lipinski definition) is 1. The molecule has 0 radical (unpaired) electrons. The first kappa shape index (κ1) is 17.4. The van der Waals surface area contributed by atoms with Gasteiger partial charge in [0.2, 0.25) is 0 Å². The zero-order valence-corrected chi connectivity index (χ0v) is 14.3. The molecule has 0 aliphatic carbocycles. The van der Waals surface area contributed by atoms with E-state index in [0.29, 0.717) is 19.1 Å². The molecule has 1 fully saturated rings. The van der Waals surface area contributed by atoms with E-state index in [2.05, 4.69) is 16.5 Å². The first-order valence-corrected chi connectivity index (χ1v) is 9.42. The fourth-order valence-electron chi connectivity index (χ4n) is 2.76. The van der Waals surface area contributed by atoms with Gasteiger partial charge in [0.25, 0.3) is 10.2 Å². The lowest BCUT2D eigenvalue weighted by atomic mass is 10.0. The Kier molecular flexibility index (Phi) is 6.37. The van der Waals surface area contributed by atoms with Gasteiger partial charge in [0.15, 0.2) is 0 Å². The van der Waals surface area contributed by atoms with Gasteiger partial charge in [-0.2, -0.15) is 17.4 Å². The van der Waals surface area contributed by atoms with Gasteiger partial charge < -0.3 is 0 Å². The van der Waals surface area contributed by atoms with Crippen molar-refractivity contribution in [3.63, 3.8) is 0 Å². The van der Waals surface area contributed by atoms with Crippen molar-refractivity contribution in [2.75, 3.05) is 26.7 Å². The molecule has 1 aliphatic heterocycles. The van der Waals surface area contributed by atoms with Crippen LogP contribution in [0.5, 0.6) is 0 Å². The first-order chi connectivity index (χ1) is 10.5. The number of likely N-dealkylation sites (tertiary alicyclic amines) is 1. The Morgan fingerprint density at radius 3 is 2.68 bits per heavy atom. The Labute approximate surface area is 134 Å². The van der Waals surface area contributed by atoms with Gasteiger partial charge in [0.1, 0.15) is 0 Å². The molecular formula is C16H27N3O2S. The number of rotatable bonds is 7. The van der Waals surface area contributed by atoms with Crippen molar-refractivity contribution >= 4 is 10.2 Å². The highest BCUT2D eigenvalue weighted by atomic mass is 32.2. The Balaban J connectivity index is 1.81. The van der Waals surface area contributed by atoms with Crippen molar-refractivity contribution < 1.29 is 8.42 Å². The third-order valence-corrected chi connectivity index (χ3v) is 5.87. The average molecular weight is 325 g/mol. The molecule has 1 aliphatic rings. The van der Waals surface area contributed by atoms with Crippen molar-refractivity contribution in [2.24, 2.45) is 0 Å². The second-order valence-electron chi connectivity index (χ2n) is 6.01. The predicted molar refractivity (Wildman–Crippen MR) is 89.7 cm³/mol. The summed E-state index contributed by atoms with van der Waals surface area (Å²) >= 11 is 0. The highest BCUT2D eigenvalue weighted by Gasteiger charge is 2.21. The lowest BCUT2D eigenvalue weighted by Gasteiger charge is -2.34. The number of benzene rings is 1. The van der Waals surface area contributed by atoms with Crippen LogP contribution in [0.15, 0.2) is 30.3 Å². The third kappa shape index (κ3) is 5.05. The summed E-state index contributed by atoms with van der Waals surface area (Å²) in [6.45, 7) is 4.94. The lowest BCUT2D eigenvalue weighted by Crippen LogP contribution is -2.45. The lowest BCUT2D eigenvalue weighted by molar-refractivity contribution is 0.154. The summed E-state index contributed by atoms with van der Waals surface area (Å²) in [7, 11) is -1.78. The minimum Gasteiger partial charge on any atom is -0.299 e. The molecule has 1 aromatic rings. The molecule has 1 aromatic carbocycles. The van der Waals surface area contributed by atoms with Crippen molar-refractivity contribution in [3.05, 3.63) is 35.9 Å². The van der Waals surface area contributed by atoms with Crippen molar-refractivity contribution in [1.82, 2.24) is 13.9 Å². The summed E-state index contributed by atoms with van der Waals surface area (Å²) in [5.41, 5.74) is 0.962. The van der Waals surface area contributed by atoms with E-state index in [0.717, 1.165) is 18.7 Å². The second kappa shape index (κ2) is 8.06. The van der Waals surface area contributed by atoms with Crippen LogP contribution < -0.4 is 4.72 Å². The Morgan fingerprint density at radius 2 is 2.00 bits per heavy atom. The van der Waals surface area contributed by atoms with Gasteiger partial charge in [-0.1, -0.05) is 36.8 Å². The number of hydrogen-bond acceptors (Lipinski definition) is 3. The van der Waals surface area contributed by atoms with E-state index < -0.39 is 10.2 Å². The molecule has 0 aromatic heterocycles. The normalized spacial score (nSPS) is 20.4. The molecule has 2 rings (SSSR count). The van der Waals surface area contributed by atoms with E-state index in [9.17, 15) is 8.42 Å². The largest absolute Gasteiger partial charge is 0.299 e. The van der Waals surface area contributed by atoms with E-state index >= 15 is 0 Å². The molecule has 22 heavy (non-hydrogen) atoms. The average Bonchev–Trinajstić information content (AvgIpc) is 2.53. The molecule has 1 saturated heterocycles. The van der Waals surface area contributed by atoms with Crippen LogP contribution in [-0.4, -0.2) is 50.3 Å². The molecule has 6 heteroatoms. The highest BCUT2D eigenvalue weighted by molar-refractivity contribution is 7.87. The summed E-state index contributed by atoms with van der Waals surface area (Å²) in [5, 5.41) is 0. The summed E-state index contributed by atoms with van der Waals surface area (Å²) in [6.07, 6.45) is 3.71. The maximum absolute atomic E-state index is 12.3. The van der Waals surface area contributed by atoms with Crippen LogP contribution in [0.4, 0.5) is 0 Å². The molecule has 1 N–H and O–H groups in total. The van der Waals surface area contributed by atoms with Gasteiger partial charge >= 0.3 is 0 Å². The summed E-state index contributed by atoms with van der Waals surface area (Å²) in [4.78, 5) is 2.38. The molecule has 0 spiro atoms. The molecule has 0 amide bonds. The SMILES string of the molecule is C[C@@H]1CCCCN1CCN(C)S(=O)(=O)NCc1ccccc1. The van der Waals surface area contributed by atoms with Crippen LogP contribution in [-0.2, 0) is 16.8 Å². The van der Waals surface area contributed by atoms with Crippen LogP contribution in [0, 0.1) is 0 Å². The zero-order valence-electron chi connectivity index (χ0n) is 13.5. The fourth-order valence-corrected chi connectivity index (χ4v) is 3.65. The minimum absolute atomic E-state index is 0.327. The standard InChI is InChI=1S/C16H27N3O2S/c1-15-8-6-7-11-19(15)13-12-18(2)22(20,21)17-14-16-9-4-3-5-10-16/h3-5,9-10,15,17H,6-8,11-14H2,1-2H3/t15-/m1/s1. The summed E-state index contributed by atoms with van der Waals surface area (Å²) < 4.78 is 28.6. The monoisotopic (exact) mass is 325 g/mol. The molecule has 5 nitrogen and oxygen atoms in total. The van der Waals surface area contributed by atoms with Crippen LogP contribution in [0.1, 0.15) is 31.7 Å². The highest BCUT2D eigenvalue weighted by Crippen LogP contribution is 2.15. The molecule has 0 unspecified atom stereocenters. The van der Waals surface area contributed by atoms with Gasteiger partial charge in [0.05, 0.1) is 0 Å². The molecule has 124 valence electrons. The Bertz CT molecular complexity index is 548. The quantitative estimate of drug-likeness (QED) is 0.832. The van der Waals surface area contributed by atoms with E-state index in [1.54, 1.807) is 7.05 Å². The third-order valence-electron chi connectivity index (χ3n) is 4.35. The summed E-state index contributed by atoms with van der Waals surface area (Å²) in [5.74, 6) is 0. The van der Waals surface area contributed by atoms with E-state index in [-0.39, 0.29) is 0 Å². The van der Waals surface area contributed by atoms with E-state index in [4.69, 9.17) is 0 Å². The molecule has 1 heterocycles. The minimum atomic E-state index is -3.42. The molecule has 0 saturated carbocycles. The number of nitrogens with zero attached hydrogens (tertiary/aromatic N) is 2. The number of nitrogens with one attached hydrogen (secondary N) is 1. The Hall–Kier alpha value is -0.950. The smallest absolute Gasteiger partial charge is 0.279 e. The Morgan fingerprint density at radius 1 is 1.27 bits per heavy atom. The van der Waals surface area contributed by atoms with E-state index in [1.807, 2.05) is 30.3 Å². The molecular weight excluding hydrogens is 298 g/mol. The van der Waals surface area contributed by atoms with Crippen LogP contribution >= 0.6 is 0 Å². The zero-order chi connectivity index (χ0) is 16.0. The van der Waals surface area contributed by atoms with Crippen molar-refractivity contribution in [3.8, 4) is 0 Å². The number of likely N-dealkylation sites (N-methyl/N-ethyl adjacent to an activating group) is 1. The first-order valence-electron chi connectivity index (χ1n) is 7.98. The topological polar surface area (TPSA) is 52.7 Å². The molecule has 0 bridgehead atoms. The van der Waals surface area contributed by atoms with Gasteiger partial charge in [-0.3, -0.25) is 4.90 Å². The van der Waals surface area contributed by atoms with Gasteiger partial charge in [-0.15, -0.1) is 0 Å². The van der Waals surface area contributed by atoms with Crippen LogP contribution in [0.25, 0.3) is 0 Å². The van der Waals surface area contributed by atoms with Gasteiger partial charge in [-0.25, -0.2) is 0 Å². The van der Waals surface area contributed by atoms with Crippen LogP contribution in [0.3, 0.4) is 0 Å². The predicted octanol–water partition coefficient (Wildman–Crippen LogP) is 1.83. The van der Waals surface area contributed by atoms with Crippen molar-refractivity contribution in [1.29, 1.82) is 0 Å². The molecule has 1 atom stereocenters. The van der Waals surface area contributed by atoms with Crippen LogP contribution in [0.2, 0.25) is 0 Å². The maximum atomic E-state index is 12.3. The fraction of sp³-hybridized carbons (Fsp3) is 0.625. The summed E-state index contributed by atoms with van der Waals surface area (Å²) in [6, 6.07) is 10.1. The van der Waals surface area contributed by atoms with Gasteiger partial charge in [-0.05, 0) is 31.9 Å². The number of piperidine rings is 1. The second-order valence-corrected chi connectivity index (χ2v) is 7.88.